The number of amides is 2. The van der Waals surface area contributed by atoms with E-state index in [0.29, 0.717) is 30.4 Å². The Balaban J connectivity index is 1.90. The van der Waals surface area contributed by atoms with E-state index in [9.17, 15) is 9.59 Å². The minimum Gasteiger partial charge on any atom is -0.484 e. The molecule has 2 rings (SSSR count). The van der Waals surface area contributed by atoms with Crippen molar-refractivity contribution in [3.63, 3.8) is 0 Å². The van der Waals surface area contributed by atoms with Gasteiger partial charge in [-0.05, 0) is 63.3 Å². The highest BCUT2D eigenvalue weighted by atomic mass is 16.5. The summed E-state index contributed by atoms with van der Waals surface area (Å²) in [7, 11) is 0. The van der Waals surface area contributed by atoms with Crippen LogP contribution >= 0.6 is 0 Å². The average molecular weight is 376 g/mol. The van der Waals surface area contributed by atoms with Crippen LogP contribution in [0.15, 0.2) is 24.3 Å². The van der Waals surface area contributed by atoms with Crippen molar-refractivity contribution in [1.82, 2.24) is 4.90 Å². The van der Waals surface area contributed by atoms with Crippen LogP contribution in [-0.2, 0) is 14.3 Å². The van der Waals surface area contributed by atoms with E-state index in [-0.39, 0.29) is 18.4 Å². The predicted octanol–water partition coefficient (Wildman–Crippen LogP) is 3.47. The van der Waals surface area contributed by atoms with Crippen molar-refractivity contribution in [1.29, 1.82) is 0 Å². The van der Waals surface area contributed by atoms with E-state index in [4.69, 9.17) is 9.47 Å². The lowest BCUT2D eigenvalue weighted by Gasteiger charge is -2.29. The van der Waals surface area contributed by atoms with Gasteiger partial charge in [0.2, 0.25) is 0 Å². The molecule has 0 bridgehead atoms. The van der Waals surface area contributed by atoms with Gasteiger partial charge in [-0.3, -0.25) is 9.59 Å². The Morgan fingerprint density at radius 3 is 2.37 bits per heavy atom. The fourth-order valence-corrected chi connectivity index (χ4v) is 3.42. The topological polar surface area (TPSA) is 67.9 Å². The molecule has 1 aromatic carbocycles. The lowest BCUT2D eigenvalue weighted by molar-refractivity contribution is -0.140. The van der Waals surface area contributed by atoms with Gasteiger partial charge < -0.3 is 19.7 Å². The highest BCUT2D eigenvalue weighted by molar-refractivity contribution is 5.97. The van der Waals surface area contributed by atoms with E-state index in [2.05, 4.69) is 19.2 Å². The zero-order valence-corrected chi connectivity index (χ0v) is 16.9. The van der Waals surface area contributed by atoms with Crippen LogP contribution in [0.3, 0.4) is 0 Å². The Morgan fingerprint density at radius 2 is 1.81 bits per heavy atom. The first-order valence-corrected chi connectivity index (χ1v) is 9.80. The first kappa shape index (κ1) is 21.2. The number of likely N-dealkylation sites (tertiary alicyclic amines) is 1. The number of rotatable bonds is 9. The van der Waals surface area contributed by atoms with Crippen LogP contribution in [0.2, 0.25) is 0 Å². The summed E-state index contributed by atoms with van der Waals surface area (Å²) in [6.45, 7) is 10.0. The van der Waals surface area contributed by atoms with Crippen molar-refractivity contribution in [2.24, 2.45) is 5.92 Å². The second kappa shape index (κ2) is 9.74. The van der Waals surface area contributed by atoms with Gasteiger partial charge in [-0.15, -0.1) is 0 Å². The van der Waals surface area contributed by atoms with Crippen LogP contribution in [0, 0.1) is 5.92 Å². The molecule has 0 aliphatic carbocycles. The van der Waals surface area contributed by atoms with Gasteiger partial charge in [-0.25, -0.2) is 0 Å². The van der Waals surface area contributed by atoms with Gasteiger partial charge in [0.1, 0.15) is 11.4 Å². The number of nitrogens with one attached hydrogen (secondary N) is 1. The summed E-state index contributed by atoms with van der Waals surface area (Å²) in [6, 6.07) is 7.06. The molecular weight excluding hydrogens is 344 g/mol. The van der Waals surface area contributed by atoms with Crippen LogP contribution in [-0.4, -0.2) is 48.6 Å². The second-order valence-corrected chi connectivity index (χ2v) is 7.62. The molecule has 6 heteroatoms. The maximum absolute atomic E-state index is 12.7. The number of ether oxygens (including phenoxy) is 2. The third-order valence-electron chi connectivity index (χ3n) is 4.67. The van der Waals surface area contributed by atoms with E-state index in [0.717, 1.165) is 25.9 Å². The molecule has 27 heavy (non-hydrogen) atoms. The quantitative estimate of drug-likeness (QED) is 0.717. The zero-order valence-electron chi connectivity index (χ0n) is 16.9. The third-order valence-corrected chi connectivity index (χ3v) is 4.67. The van der Waals surface area contributed by atoms with Gasteiger partial charge in [-0.2, -0.15) is 0 Å². The number of hydrogen-bond acceptors (Lipinski definition) is 4. The molecule has 1 heterocycles. The van der Waals surface area contributed by atoms with E-state index in [1.807, 2.05) is 18.7 Å². The van der Waals surface area contributed by atoms with Crippen molar-refractivity contribution in [2.45, 2.75) is 52.6 Å². The van der Waals surface area contributed by atoms with E-state index < -0.39 is 5.60 Å². The molecule has 1 fully saturated rings. The molecular formula is C21H32N2O4. The van der Waals surface area contributed by atoms with Crippen molar-refractivity contribution < 1.29 is 19.1 Å². The molecule has 0 unspecified atom stereocenters. The summed E-state index contributed by atoms with van der Waals surface area (Å²) in [6.07, 6.45) is 2.78. The summed E-state index contributed by atoms with van der Waals surface area (Å²) in [4.78, 5) is 26.5. The Labute approximate surface area is 162 Å². The summed E-state index contributed by atoms with van der Waals surface area (Å²) < 4.78 is 11.3. The normalized spacial score (nSPS) is 16.3. The number of carbonyl (C=O) groups excluding carboxylic acids is 2. The fourth-order valence-electron chi connectivity index (χ4n) is 3.42. The molecule has 0 saturated carbocycles. The number of anilines is 1. The van der Waals surface area contributed by atoms with E-state index in [1.54, 1.807) is 24.3 Å². The number of hydrogen-bond donors (Lipinski definition) is 1. The van der Waals surface area contributed by atoms with Crippen molar-refractivity contribution >= 4 is 17.5 Å². The minimum atomic E-state index is -0.861. The summed E-state index contributed by atoms with van der Waals surface area (Å²) in [5, 5.41) is 2.91. The monoisotopic (exact) mass is 376 g/mol. The third kappa shape index (κ3) is 6.24. The Morgan fingerprint density at radius 1 is 1.19 bits per heavy atom. The number of nitrogens with zero attached hydrogens (tertiary/aromatic N) is 1. The van der Waals surface area contributed by atoms with Gasteiger partial charge in [0.25, 0.3) is 11.8 Å². The highest BCUT2D eigenvalue weighted by Gasteiger charge is 2.34. The molecule has 0 radical (unpaired) electrons. The molecule has 1 aliphatic heterocycles. The smallest absolute Gasteiger partial charge is 0.260 e. The van der Waals surface area contributed by atoms with E-state index >= 15 is 0 Å². The zero-order chi connectivity index (χ0) is 19.9. The summed E-state index contributed by atoms with van der Waals surface area (Å²) >= 11 is 0. The molecule has 2 amide bonds. The molecule has 6 nitrogen and oxygen atoms in total. The van der Waals surface area contributed by atoms with Crippen LogP contribution in [0.1, 0.15) is 47.0 Å². The Kier molecular flexibility index (Phi) is 7.66. The lowest BCUT2D eigenvalue weighted by Crippen LogP contribution is -2.43. The second-order valence-electron chi connectivity index (χ2n) is 7.62. The maximum atomic E-state index is 12.7. The fraction of sp³-hybridized carbons (Fsp3) is 0.619. The van der Waals surface area contributed by atoms with Gasteiger partial charge in [0.05, 0.1) is 0 Å². The van der Waals surface area contributed by atoms with Gasteiger partial charge in [0, 0.05) is 25.4 Å². The van der Waals surface area contributed by atoms with Crippen molar-refractivity contribution in [2.75, 3.05) is 31.6 Å². The molecule has 1 saturated heterocycles. The first-order valence-electron chi connectivity index (χ1n) is 9.80. The molecule has 0 spiro atoms. The van der Waals surface area contributed by atoms with Crippen molar-refractivity contribution in [3.8, 4) is 5.75 Å². The Bertz CT molecular complexity index is 624. The minimum absolute atomic E-state index is 0.0195. The molecule has 1 aromatic rings. The molecule has 1 atom stereocenters. The number of benzene rings is 1. The highest BCUT2D eigenvalue weighted by Crippen LogP contribution is 2.24. The van der Waals surface area contributed by atoms with Crippen LogP contribution < -0.4 is 10.1 Å². The first-order chi connectivity index (χ1) is 12.8. The molecule has 0 aromatic heterocycles. The van der Waals surface area contributed by atoms with Gasteiger partial charge in [-0.1, -0.05) is 13.8 Å². The van der Waals surface area contributed by atoms with Crippen LogP contribution in [0.25, 0.3) is 0 Å². The molecule has 1 N–H and O–H groups in total. The van der Waals surface area contributed by atoms with Crippen LogP contribution in [0.4, 0.5) is 5.69 Å². The Hall–Kier alpha value is -2.08. The van der Waals surface area contributed by atoms with E-state index in [1.165, 1.54) is 0 Å². The van der Waals surface area contributed by atoms with Crippen LogP contribution in [0.5, 0.6) is 5.75 Å². The standard InChI is InChI=1S/C21H32N2O4/c1-5-27-21(4,14-16(2)3)20(25)22-17-8-10-18(11-9-17)26-15-19(24)23-12-6-7-13-23/h8-11,16H,5-7,12-15H2,1-4H3,(H,22,25)/t21-/m0/s1. The lowest BCUT2D eigenvalue weighted by atomic mass is 9.93. The maximum Gasteiger partial charge on any atom is 0.260 e. The summed E-state index contributed by atoms with van der Waals surface area (Å²) in [5.74, 6) is 0.813. The van der Waals surface area contributed by atoms with Gasteiger partial charge >= 0.3 is 0 Å². The predicted molar refractivity (Wildman–Crippen MR) is 106 cm³/mol. The summed E-state index contributed by atoms with van der Waals surface area (Å²) in [5.41, 5.74) is -0.187. The average Bonchev–Trinajstić information content (AvgIpc) is 3.15. The SMILES string of the molecule is CCO[C@@](C)(CC(C)C)C(=O)Nc1ccc(OCC(=O)N2CCCC2)cc1. The van der Waals surface area contributed by atoms with Gasteiger partial charge in [0.15, 0.2) is 6.61 Å². The molecule has 150 valence electrons. The molecule has 1 aliphatic rings. The largest absolute Gasteiger partial charge is 0.484 e. The number of carbonyl (C=O) groups is 2. The van der Waals surface area contributed by atoms with Crippen molar-refractivity contribution in [3.05, 3.63) is 24.3 Å².